The average molecular weight is 303 g/mol. The van der Waals surface area contributed by atoms with Crippen LogP contribution >= 0.6 is 23.2 Å². The normalized spacial score (nSPS) is 21.8. The third kappa shape index (κ3) is 3.32. The van der Waals surface area contributed by atoms with Gasteiger partial charge in [0.25, 0.3) is 5.91 Å². The summed E-state index contributed by atoms with van der Waals surface area (Å²) < 4.78 is 5.44. The molecule has 0 bridgehead atoms. The summed E-state index contributed by atoms with van der Waals surface area (Å²) in [6, 6.07) is 3.20. The Morgan fingerprint density at radius 1 is 1.42 bits per heavy atom. The number of nitrogen functional groups attached to an aromatic ring is 1. The summed E-state index contributed by atoms with van der Waals surface area (Å²) in [5.41, 5.74) is 6.34. The maximum absolute atomic E-state index is 12.0. The number of carbonyl (C=O) groups is 1. The number of ether oxygens (including phenoxy) is 1. The second-order valence-electron chi connectivity index (χ2n) is 4.57. The summed E-state index contributed by atoms with van der Waals surface area (Å²) in [6.45, 7) is 2.67. The first-order chi connectivity index (χ1) is 9.01. The minimum Gasteiger partial charge on any atom is -0.396 e. The van der Waals surface area contributed by atoms with Crippen LogP contribution in [0.15, 0.2) is 12.1 Å². The van der Waals surface area contributed by atoms with Gasteiger partial charge in [-0.3, -0.25) is 4.79 Å². The van der Waals surface area contributed by atoms with Crippen LogP contribution < -0.4 is 11.1 Å². The van der Waals surface area contributed by atoms with Crippen molar-refractivity contribution in [3.63, 3.8) is 0 Å². The van der Waals surface area contributed by atoms with Gasteiger partial charge in [0, 0.05) is 18.2 Å². The molecule has 0 aromatic heterocycles. The molecule has 104 valence electrons. The van der Waals surface area contributed by atoms with Crippen molar-refractivity contribution >= 4 is 34.8 Å². The van der Waals surface area contributed by atoms with Gasteiger partial charge in [-0.15, -0.1) is 0 Å². The number of amides is 1. The van der Waals surface area contributed by atoms with Gasteiger partial charge >= 0.3 is 0 Å². The van der Waals surface area contributed by atoms with Crippen LogP contribution in [0.2, 0.25) is 10.0 Å². The van der Waals surface area contributed by atoms with E-state index in [9.17, 15) is 4.79 Å². The van der Waals surface area contributed by atoms with Crippen LogP contribution in [0, 0.1) is 0 Å². The smallest absolute Gasteiger partial charge is 0.251 e. The third-order valence-electron chi connectivity index (χ3n) is 3.17. The number of rotatable bonds is 4. The lowest BCUT2D eigenvalue weighted by Gasteiger charge is -2.35. The van der Waals surface area contributed by atoms with Crippen molar-refractivity contribution in [2.75, 3.05) is 12.3 Å². The molecule has 1 aliphatic carbocycles. The number of nitrogens with one attached hydrogen (secondary N) is 1. The molecule has 1 aromatic carbocycles. The van der Waals surface area contributed by atoms with Crippen molar-refractivity contribution < 1.29 is 9.53 Å². The molecule has 1 fully saturated rings. The third-order valence-corrected chi connectivity index (χ3v) is 3.80. The van der Waals surface area contributed by atoms with Crippen LogP contribution in [0.4, 0.5) is 5.69 Å². The minimum absolute atomic E-state index is 0.152. The lowest BCUT2D eigenvalue weighted by Crippen LogP contribution is -2.47. The Bertz CT molecular complexity index is 465. The van der Waals surface area contributed by atoms with E-state index in [-0.39, 0.29) is 18.1 Å². The van der Waals surface area contributed by atoms with E-state index < -0.39 is 0 Å². The number of halogens is 2. The molecule has 3 N–H and O–H groups in total. The number of benzene rings is 1. The van der Waals surface area contributed by atoms with E-state index in [1.54, 1.807) is 0 Å². The van der Waals surface area contributed by atoms with E-state index in [1.807, 2.05) is 6.92 Å². The highest BCUT2D eigenvalue weighted by Gasteiger charge is 2.30. The fourth-order valence-electron chi connectivity index (χ4n) is 2.04. The van der Waals surface area contributed by atoms with Crippen LogP contribution in [-0.4, -0.2) is 24.7 Å². The number of anilines is 1. The first-order valence-electron chi connectivity index (χ1n) is 6.18. The summed E-state index contributed by atoms with van der Waals surface area (Å²) in [4.78, 5) is 12.0. The highest BCUT2D eigenvalue weighted by Crippen LogP contribution is 2.29. The fourth-order valence-corrected chi connectivity index (χ4v) is 2.53. The largest absolute Gasteiger partial charge is 0.396 e. The minimum atomic E-state index is -0.191. The Kier molecular flexibility index (Phi) is 4.55. The molecule has 1 amide bonds. The van der Waals surface area contributed by atoms with Gasteiger partial charge in [0.05, 0.1) is 21.8 Å². The molecule has 2 rings (SSSR count). The lowest BCUT2D eigenvalue weighted by molar-refractivity contribution is -0.00862. The van der Waals surface area contributed by atoms with Gasteiger partial charge in [0.15, 0.2) is 0 Å². The van der Waals surface area contributed by atoms with E-state index in [4.69, 9.17) is 33.7 Å². The van der Waals surface area contributed by atoms with Crippen molar-refractivity contribution in [1.29, 1.82) is 0 Å². The molecular weight excluding hydrogens is 287 g/mol. The Morgan fingerprint density at radius 3 is 2.53 bits per heavy atom. The molecule has 4 nitrogen and oxygen atoms in total. The van der Waals surface area contributed by atoms with E-state index in [1.165, 1.54) is 12.1 Å². The van der Waals surface area contributed by atoms with Crippen molar-refractivity contribution in [2.45, 2.75) is 31.9 Å². The van der Waals surface area contributed by atoms with Crippen LogP contribution in [0.1, 0.15) is 30.1 Å². The van der Waals surface area contributed by atoms with Crippen molar-refractivity contribution in [1.82, 2.24) is 5.32 Å². The predicted octanol–water partition coefficient (Wildman–Crippen LogP) is 2.87. The molecule has 0 heterocycles. The van der Waals surface area contributed by atoms with Crippen molar-refractivity contribution in [3.05, 3.63) is 27.7 Å². The average Bonchev–Trinajstić information content (AvgIpc) is 2.32. The summed E-state index contributed by atoms with van der Waals surface area (Å²) in [5.74, 6) is -0.191. The van der Waals surface area contributed by atoms with Crippen molar-refractivity contribution in [2.24, 2.45) is 0 Å². The van der Waals surface area contributed by atoms with E-state index in [0.717, 1.165) is 12.8 Å². The Labute approximate surface area is 122 Å². The highest BCUT2D eigenvalue weighted by molar-refractivity contribution is 6.39. The Morgan fingerprint density at radius 2 is 2.00 bits per heavy atom. The molecular formula is C13H16Cl2N2O2. The quantitative estimate of drug-likeness (QED) is 0.841. The second kappa shape index (κ2) is 5.99. The van der Waals surface area contributed by atoms with Gasteiger partial charge in [0.2, 0.25) is 0 Å². The summed E-state index contributed by atoms with van der Waals surface area (Å²) in [7, 11) is 0. The zero-order valence-electron chi connectivity index (χ0n) is 10.6. The Hall–Kier alpha value is -0.970. The van der Waals surface area contributed by atoms with Crippen LogP contribution in [0.3, 0.4) is 0 Å². The number of nitrogens with two attached hydrogens (primary N) is 1. The zero-order valence-corrected chi connectivity index (χ0v) is 12.1. The van der Waals surface area contributed by atoms with E-state index in [2.05, 4.69) is 5.32 Å². The SMILES string of the molecule is CCOC1CC(NC(=O)c2cc(Cl)c(N)c(Cl)c2)C1. The van der Waals surface area contributed by atoms with Gasteiger partial charge in [-0.05, 0) is 31.9 Å². The zero-order chi connectivity index (χ0) is 14.0. The van der Waals surface area contributed by atoms with Crippen molar-refractivity contribution in [3.8, 4) is 0 Å². The van der Waals surface area contributed by atoms with Gasteiger partial charge in [-0.2, -0.15) is 0 Å². The molecule has 1 saturated carbocycles. The summed E-state index contributed by atoms with van der Waals surface area (Å²) in [5, 5.41) is 3.50. The number of hydrogen-bond donors (Lipinski definition) is 2. The molecule has 0 aliphatic heterocycles. The van der Waals surface area contributed by atoms with E-state index in [0.29, 0.717) is 27.9 Å². The predicted molar refractivity (Wildman–Crippen MR) is 76.8 cm³/mol. The van der Waals surface area contributed by atoms with Gasteiger partial charge in [-0.1, -0.05) is 23.2 Å². The highest BCUT2D eigenvalue weighted by atomic mass is 35.5. The number of hydrogen-bond acceptors (Lipinski definition) is 3. The summed E-state index contributed by atoms with van der Waals surface area (Å²) in [6.07, 6.45) is 1.94. The Balaban J connectivity index is 1.94. The summed E-state index contributed by atoms with van der Waals surface area (Å²) >= 11 is 11.8. The van der Waals surface area contributed by atoms with Gasteiger partial charge < -0.3 is 15.8 Å². The topological polar surface area (TPSA) is 64.3 Å². The van der Waals surface area contributed by atoms with Gasteiger partial charge in [-0.25, -0.2) is 0 Å². The monoisotopic (exact) mass is 302 g/mol. The van der Waals surface area contributed by atoms with Crippen LogP contribution in [0.5, 0.6) is 0 Å². The molecule has 0 saturated heterocycles. The van der Waals surface area contributed by atoms with Crippen LogP contribution in [-0.2, 0) is 4.74 Å². The maximum Gasteiger partial charge on any atom is 0.251 e. The molecule has 1 aromatic rings. The van der Waals surface area contributed by atoms with Crippen LogP contribution in [0.25, 0.3) is 0 Å². The molecule has 0 spiro atoms. The molecule has 19 heavy (non-hydrogen) atoms. The molecule has 0 unspecified atom stereocenters. The molecule has 6 heteroatoms. The maximum atomic E-state index is 12.0. The first kappa shape index (κ1) is 14.4. The molecule has 0 radical (unpaired) electrons. The second-order valence-corrected chi connectivity index (χ2v) is 5.39. The van der Waals surface area contributed by atoms with E-state index >= 15 is 0 Å². The molecule has 0 atom stereocenters. The first-order valence-corrected chi connectivity index (χ1v) is 6.93. The fraction of sp³-hybridized carbons (Fsp3) is 0.462. The number of carbonyl (C=O) groups excluding carboxylic acids is 1. The lowest BCUT2D eigenvalue weighted by atomic mass is 9.89. The standard InChI is InChI=1S/C13H16Cl2N2O2/c1-2-19-9-5-8(6-9)17-13(18)7-3-10(14)12(16)11(15)4-7/h3-4,8-9H,2,5-6,16H2,1H3,(H,17,18). The molecule has 1 aliphatic rings. The van der Waals surface area contributed by atoms with Gasteiger partial charge in [0.1, 0.15) is 0 Å².